The average Bonchev–Trinajstić information content (AvgIpc) is 2.32. The molecule has 3 heteroatoms. The summed E-state index contributed by atoms with van der Waals surface area (Å²) < 4.78 is 0. The molecule has 0 heterocycles. The Bertz CT molecular complexity index is 429. The summed E-state index contributed by atoms with van der Waals surface area (Å²) in [5.74, 6) is 0.717. The average molecular weight is 266 g/mol. The predicted octanol–water partition coefficient (Wildman–Crippen LogP) is 3.36. The maximum absolute atomic E-state index is 12.4. The summed E-state index contributed by atoms with van der Waals surface area (Å²) in [6.07, 6.45) is 4.31. The van der Waals surface area contributed by atoms with E-state index in [1.54, 1.807) is 0 Å². The fraction of sp³-hybridized carbons (Fsp3) is 0.533. The molecule has 98 valence electrons. The minimum atomic E-state index is -0.614. The van der Waals surface area contributed by atoms with Crippen LogP contribution in [0, 0.1) is 5.92 Å². The first-order valence-electron chi connectivity index (χ1n) is 6.56. The van der Waals surface area contributed by atoms with Gasteiger partial charge < -0.3 is 5.73 Å². The van der Waals surface area contributed by atoms with Crippen molar-refractivity contribution in [3.8, 4) is 0 Å². The fourth-order valence-corrected chi connectivity index (χ4v) is 2.93. The third kappa shape index (κ3) is 3.12. The molecule has 0 radical (unpaired) electrons. The highest BCUT2D eigenvalue weighted by molar-refractivity contribution is 6.30. The number of rotatable bonds is 3. The van der Waals surface area contributed by atoms with Crippen molar-refractivity contribution in [2.45, 2.75) is 44.6 Å². The van der Waals surface area contributed by atoms with E-state index >= 15 is 0 Å². The van der Waals surface area contributed by atoms with Gasteiger partial charge in [0.1, 0.15) is 0 Å². The highest BCUT2D eigenvalue weighted by atomic mass is 35.5. The second kappa shape index (κ2) is 5.41. The molecular weight excluding hydrogens is 246 g/mol. The Morgan fingerprint density at radius 3 is 2.72 bits per heavy atom. The highest BCUT2D eigenvalue weighted by Crippen LogP contribution is 2.31. The van der Waals surface area contributed by atoms with Gasteiger partial charge in [-0.3, -0.25) is 4.79 Å². The summed E-state index contributed by atoms with van der Waals surface area (Å²) >= 11 is 5.83. The smallest absolute Gasteiger partial charge is 0.157 e. The summed E-state index contributed by atoms with van der Waals surface area (Å²) in [4.78, 5) is 12.4. The van der Waals surface area contributed by atoms with Crippen LogP contribution in [0.25, 0.3) is 0 Å². The van der Waals surface area contributed by atoms with Crippen molar-refractivity contribution in [2.24, 2.45) is 11.7 Å². The second-order valence-electron chi connectivity index (χ2n) is 5.58. The Labute approximate surface area is 114 Å². The number of carbonyl (C=O) groups is 1. The van der Waals surface area contributed by atoms with Crippen LogP contribution in [-0.4, -0.2) is 11.3 Å². The van der Waals surface area contributed by atoms with E-state index in [1.807, 2.05) is 24.3 Å². The van der Waals surface area contributed by atoms with E-state index in [4.69, 9.17) is 17.3 Å². The molecule has 2 N–H and O–H groups in total. The van der Waals surface area contributed by atoms with Crippen LogP contribution in [0.5, 0.6) is 0 Å². The van der Waals surface area contributed by atoms with Crippen LogP contribution in [0.15, 0.2) is 24.3 Å². The predicted molar refractivity (Wildman–Crippen MR) is 74.7 cm³/mol. The van der Waals surface area contributed by atoms with Crippen LogP contribution in [0.3, 0.4) is 0 Å². The van der Waals surface area contributed by atoms with Crippen LogP contribution in [0.4, 0.5) is 0 Å². The number of ketones is 1. The van der Waals surface area contributed by atoms with Crippen LogP contribution in [0.2, 0.25) is 5.02 Å². The van der Waals surface area contributed by atoms with Crippen LogP contribution >= 0.6 is 11.6 Å². The van der Waals surface area contributed by atoms with E-state index < -0.39 is 5.54 Å². The first kappa shape index (κ1) is 13.6. The van der Waals surface area contributed by atoms with Gasteiger partial charge in [0.05, 0.1) is 5.54 Å². The van der Waals surface area contributed by atoms with E-state index in [0.29, 0.717) is 17.4 Å². The normalized spacial score (nSPS) is 28.1. The first-order valence-corrected chi connectivity index (χ1v) is 6.94. The Kier molecular flexibility index (Phi) is 4.08. The summed E-state index contributed by atoms with van der Waals surface area (Å²) in [6.45, 7) is 2.18. The van der Waals surface area contributed by atoms with Crippen molar-refractivity contribution in [2.75, 3.05) is 0 Å². The van der Waals surface area contributed by atoms with Gasteiger partial charge in [-0.1, -0.05) is 43.5 Å². The number of carbonyl (C=O) groups excluding carboxylic acids is 1. The van der Waals surface area contributed by atoms with E-state index in [9.17, 15) is 4.79 Å². The molecule has 0 saturated heterocycles. The van der Waals surface area contributed by atoms with Crippen molar-refractivity contribution in [3.05, 3.63) is 34.9 Å². The van der Waals surface area contributed by atoms with Gasteiger partial charge in [0.15, 0.2) is 5.78 Å². The summed E-state index contributed by atoms with van der Waals surface area (Å²) in [6, 6.07) is 7.43. The lowest BCUT2D eigenvalue weighted by molar-refractivity contribution is -0.125. The van der Waals surface area contributed by atoms with Crippen molar-refractivity contribution in [1.29, 1.82) is 0 Å². The molecule has 0 aromatic heterocycles. The molecule has 1 fully saturated rings. The van der Waals surface area contributed by atoms with Gasteiger partial charge in [-0.05, 0) is 36.5 Å². The second-order valence-corrected chi connectivity index (χ2v) is 6.02. The number of hydrogen-bond donors (Lipinski definition) is 1. The number of benzene rings is 1. The first-order chi connectivity index (χ1) is 8.49. The van der Waals surface area contributed by atoms with Gasteiger partial charge >= 0.3 is 0 Å². The minimum Gasteiger partial charge on any atom is -0.319 e. The van der Waals surface area contributed by atoms with Crippen molar-refractivity contribution in [1.82, 2.24) is 0 Å². The molecule has 2 unspecified atom stereocenters. The molecule has 2 nitrogen and oxygen atoms in total. The number of hydrogen-bond acceptors (Lipinski definition) is 2. The molecule has 0 spiro atoms. The minimum absolute atomic E-state index is 0.163. The van der Waals surface area contributed by atoms with Gasteiger partial charge in [0.2, 0.25) is 0 Å². The zero-order chi connectivity index (χ0) is 13.2. The molecule has 0 aliphatic heterocycles. The van der Waals surface area contributed by atoms with Crippen LogP contribution < -0.4 is 5.73 Å². The lowest BCUT2D eigenvalue weighted by atomic mass is 9.73. The van der Waals surface area contributed by atoms with E-state index in [1.165, 1.54) is 6.42 Å². The molecule has 0 amide bonds. The Balaban J connectivity index is 2.04. The largest absolute Gasteiger partial charge is 0.319 e. The third-order valence-corrected chi connectivity index (χ3v) is 4.12. The number of nitrogens with two attached hydrogens (primary N) is 1. The monoisotopic (exact) mass is 265 g/mol. The Morgan fingerprint density at radius 1 is 1.44 bits per heavy atom. The van der Waals surface area contributed by atoms with E-state index in [-0.39, 0.29) is 5.78 Å². The van der Waals surface area contributed by atoms with Gasteiger partial charge in [-0.25, -0.2) is 0 Å². The van der Waals surface area contributed by atoms with Crippen LogP contribution in [-0.2, 0) is 11.2 Å². The van der Waals surface area contributed by atoms with Gasteiger partial charge in [0, 0.05) is 11.4 Å². The van der Waals surface area contributed by atoms with Gasteiger partial charge in [-0.2, -0.15) is 0 Å². The maximum Gasteiger partial charge on any atom is 0.157 e. The molecule has 1 aliphatic rings. The molecule has 1 aliphatic carbocycles. The molecule has 0 bridgehead atoms. The summed E-state index contributed by atoms with van der Waals surface area (Å²) in [7, 11) is 0. The van der Waals surface area contributed by atoms with Crippen molar-refractivity contribution >= 4 is 17.4 Å². The lowest BCUT2D eigenvalue weighted by Crippen LogP contribution is -2.51. The Morgan fingerprint density at radius 2 is 2.11 bits per heavy atom. The van der Waals surface area contributed by atoms with E-state index in [2.05, 4.69) is 6.92 Å². The van der Waals surface area contributed by atoms with E-state index in [0.717, 1.165) is 24.8 Å². The fourth-order valence-electron chi connectivity index (χ4n) is 2.81. The SMILES string of the molecule is CC1CCCC(N)(C(=O)Cc2ccc(Cl)cc2)C1. The molecule has 2 rings (SSSR count). The zero-order valence-electron chi connectivity index (χ0n) is 10.8. The molecule has 1 saturated carbocycles. The van der Waals surface area contributed by atoms with Crippen molar-refractivity contribution < 1.29 is 4.79 Å². The number of halogens is 1. The summed E-state index contributed by atoms with van der Waals surface area (Å²) in [5, 5.41) is 0.694. The molecule has 18 heavy (non-hydrogen) atoms. The van der Waals surface area contributed by atoms with Crippen LogP contribution in [0.1, 0.15) is 38.2 Å². The lowest BCUT2D eigenvalue weighted by Gasteiger charge is -2.35. The Hall–Kier alpha value is -0.860. The van der Waals surface area contributed by atoms with Crippen molar-refractivity contribution in [3.63, 3.8) is 0 Å². The number of Topliss-reactive ketones (excluding diaryl/α,β-unsaturated/α-hetero) is 1. The molecule has 1 aromatic carbocycles. The maximum atomic E-state index is 12.4. The summed E-state index contributed by atoms with van der Waals surface area (Å²) in [5.41, 5.74) is 6.67. The van der Waals surface area contributed by atoms with Gasteiger partial charge in [-0.15, -0.1) is 0 Å². The molecule has 2 atom stereocenters. The zero-order valence-corrected chi connectivity index (χ0v) is 11.5. The standard InChI is InChI=1S/C15H20ClNO/c1-11-3-2-8-15(17,10-11)14(18)9-12-4-6-13(16)7-5-12/h4-7,11H,2-3,8-10,17H2,1H3. The molecule has 1 aromatic rings. The third-order valence-electron chi connectivity index (χ3n) is 3.87. The van der Waals surface area contributed by atoms with Gasteiger partial charge in [0.25, 0.3) is 0 Å². The quantitative estimate of drug-likeness (QED) is 0.911. The topological polar surface area (TPSA) is 43.1 Å². The highest BCUT2D eigenvalue weighted by Gasteiger charge is 2.37. The molecular formula is C15H20ClNO.